The predicted molar refractivity (Wildman–Crippen MR) is 124 cm³/mol. The summed E-state index contributed by atoms with van der Waals surface area (Å²) in [4.78, 5) is 37.6. The first-order valence-corrected chi connectivity index (χ1v) is 11.0. The van der Waals surface area contributed by atoms with Gasteiger partial charge in [-0.05, 0) is 41.3 Å². The summed E-state index contributed by atoms with van der Waals surface area (Å²) in [7, 11) is 0. The van der Waals surface area contributed by atoms with Gasteiger partial charge in [-0.25, -0.2) is 0 Å². The lowest BCUT2D eigenvalue weighted by atomic mass is 10.0. The molecule has 0 bridgehead atoms. The van der Waals surface area contributed by atoms with E-state index >= 15 is 0 Å². The topological polar surface area (TPSA) is 87.3 Å². The van der Waals surface area contributed by atoms with Crippen LogP contribution in [0.1, 0.15) is 35.2 Å². The van der Waals surface area contributed by atoms with Crippen molar-refractivity contribution in [2.45, 2.75) is 37.8 Å². The number of hydrogen-bond acceptors (Lipinski definition) is 3. The van der Waals surface area contributed by atoms with Crippen LogP contribution in [-0.4, -0.2) is 36.3 Å². The van der Waals surface area contributed by atoms with E-state index in [1.54, 1.807) is 6.07 Å². The van der Waals surface area contributed by atoms with E-state index in [1.165, 1.54) is 0 Å². The van der Waals surface area contributed by atoms with Gasteiger partial charge in [-0.2, -0.15) is 0 Å². The third-order valence-corrected chi connectivity index (χ3v) is 5.51. The summed E-state index contributed by atoms with van der Waals surface area (Å²) in [5, 5.41) is 10.6. The van der Waals surface area contributed by atoms with Crippen LogP contribution >= 0.6 is 0 Å². The number of nitrogens with one attached hydrogen (secondary N) is 3. The van der Waals surface area contributed by atoms with Crippen molar-refractivity contribution in [1.29, 1.82) is 0 Å². The fourth-order valence-electron chi connectivity index (χ4n) is 3.58. The van der Waals surface area contributed by atoms with Gasteiger partial charge < -0.3 is 16.0 Å². The van der Waals surface area contributed by atoms with E-state index in [0.29, 0.717) is 12.0 Å². The van der Waals surface area contributed by atoms with Gasteiger partial charge in [0.2, 0.25) is 11.8 Å². The van der Waals surface area contributed by atoms with Crippen molar-refractivity contribution in [3.05, 3.63) is 83.9 Å². The van der Waals surface area contributed by atoms with Gasteiger partial charge in [0, 0.05) is 31.0 Å². The Labute approximate surface area is 187 Å². The molecule has 3 aromatic carbocycles. The molecule has 0 aliphatic heterocycles. The van der Waals surface area contributed by atoms with Crippen LogP contribution in [0.2, 0.25) is 0 Å². The highest BCUT2D eigenvalue weighted by atomic mass is 16.2. The smallest absolute Gasteiger partial charge is 0.251 e. The molecule has 0 spiro atoms. The van der Waals surface area contributed by atoms with Gasteiger partial charge >= 0.3 is 0 Å². The first kappa shape index (κ1) is 21.6. The second-order valence-electron chi connectivity index (χ2n) is 8.16. The maximum Gasteiger partial charge on any atom is 0.251 e. The van der Waals surface area contributed by atoms with Crippen LogP contribution in [0.25, 0.3) is 10.8 Å². The van der Waals surface area contributed by atoms with E-state index in [-0.39, 0.29) is 36.7 Å². The molecule has 6 nitrogen and oxygen atoms in total. The minimum Gasteiger partial charge on any atom is -0.352 e. The molecule has 3 aromatic rings. The Balaban J connectivity index is 1.29. The van der Waals surface area contributed by atoms with Crippen LogP contribution in [0.5, 0.6) is 0 Å². The number of carbonyl (C=O) groups excluding carboxylic acids is 3. The van der Waals surface area contributed by atoms with Crippen molar-refractivity contribution < 1.29 is 14.4 Å². The zero-order valence-corrected chi connectivity index (χ0v) is 17.8. The van der Waals surface area contributed by atoms with Gasteiger partial charge in [0.25, 0.3) is 5.91 Å². The highest BCUT2D eigenvalue weighted by Crippen LogP contribution is 2.19. The van der Waals surface area contributed by atoms with Gasteiger partial charge in [0.1, 0.15) is 6.04 Å². The number of rotatable bonds is 9. The lowest BCUT2D eigenvalue weighted by Crippen LogP contribution is -2.49. The van der Waals surface area contributed by atoms with Gasteiger partial charge in [0.15, 0.2) is 0 Å². The summed E-state index contributed by atoms with van der Waals surface area (Å²) in [5.74, 6) is -0.656. The Kier molecular flexibility index (Phi) is 6.80. The molecule has 1 atom stereocenters. The molecule has 1 fully saturated rings. The number of fused-ring (bicyclic) bond motifs is 1. The van der Waals surface area contributed by atoms with E-state index in [4.69, 9.17) is 0 Å². The Bertz CT molecular complexity index is 1110. The molecule has 4 rings (SSSR count). The Hall–Kier alpha value is -3.67. The summed E-state index contributed by atoms with van der Waals surface area (Å²) in [5.41, 5.74) is 1.53. The third kappa shape index (κ3) is 5.94. The Morgan fingerprint density at radius 3 is 2.34 bits per heavy atom. The molecule has 0 aromatic heterocycles. The normalized spacial score (nSPS) is 13.9. The van der Waals surface area contributed by atoms with E-state index in [2.05, 4.69) is 16.0 Å². The largest absolute Gasteiger partial charge is 0.352 e. The zero-order chi connectivity index (χ0) is 22.3. The molecule has 1 aliphatic rings. The highest BCUT2D eigenvalue weighted by Gasteiger charge is 2.28. The first-order chi connectivity index (χ1) is 15.6. The van der Waals surface area contributed by atoms with Crippen LogP contribution in [0, 0.1) is 0 Å². The monoisotopic (exact) mass is 429 g/mol. The quantitative estimate of drug-likeness (QED) is 0.489. The van der Waals surface area contributed by atoms with Crippen molar-refractivity contribution in [3.63, 3.8) is 0 Å². The molecule has 3 N–H and O–H groups in total. The molecule has 1 saturated carbocycles. The average Bonchev–Trinajstić information content (AvgIpc) is 3.63. The van der Waals surface area contributed by atoms with Crippen molar-refractivity contribution in [2.24, 2.45) is 0 Å². The minimum atomic E-state index is -0.637. The minimum absolute atomic E-state index is 0.0985. The Morgan fingerprint density at radius 1 is 0.875 bits per heavy atom. The molecule has 164 valence electrons. The highest BCUT2D eigenvalue weighted by molar-refractivity contribution is 5.98. The standard InChI is InChI=1S/C26H27N3O3/c30-24(14-15-27-25(31)21-11-10-19-8-4-5-9-20(19)17-21)29-23(26(32)28-22-12-13-22)16-18-6-2-1-3-7-18/h1-11,17,22-23H,12-16H2,(H,27,31)(H,28,32)(H,29,30). The maximum absolute atomic E-state index is 12.6. The van der Waals surface area contributed by atoms with E-state index < -0.39 is 6.04 Å². The summed E-state index contributed by atoms with van der Waals surface area (Å²) in [6.45, 7) is 0.194. The number of carbonyl (C=O) groups is 3. The molecule has 0 heterocycles. The fraction of sp³-hybridized carbons (Fsp3) is 0.269. The number of hydrogen-bond donors (Lipinski definition) is 3. The van der Waals surface area contributed by atoms with Gasteiger partial charge in [-0.3, -0.25) is 14.4 Å². The maximum atomic E-state index is 12.6. The van der Waals surface area contributed by atoms with E-state index in [0.717, 1.165) is 29.2 Å². The van der Waals surface area contributed by atoms with E-state index in [9.17, 15) is 14.4 Å². The number of benzene rings is 3. The zero-order valence-electron chi connectivity index (χ0n) is 17.8. The molecule has 1 aliphatic carbocycles. The molecule has 1 unspecified atom stereocenters. The third-order valence-electron chi connectivity index (χ3n) is 5.51. The Morgan fingerprint density at radius 2 is 1.59 bits per heavy atom. The van der Waals surface area contributed by atoms with Gasteiger partial charge in [-0.1, -0.05) is 60.7 Å². The summed E-state index contributed by atoms with van der Waals surface area (Å²) >= 11 is 0. The SMILES string of the molecule is O=C(CCNC(=O)c1ccc2ccccc2c1)NC(Cc1ccccc1)C(=O)NC1CC1. The lowest BCUT2D eigenvalue weighted by Gasteiger charge is -2.19. The summed E-state index contributed by atoms with van der Waals surface area (Å²) in [6, 6.07) is 22.6. The van der Waals surface area contributed by atoms with Crippen molar-refractivity contribution in [2.75, 3.05) is 6.54 Å². The molecule has 6 heteroatoms. The molecule has 0 radical (unpaired) electrons. The van der Waals surface area contributed by atoms with Crippen LogP contribution in [0.3, 0.4) is 0 Å². The van der Waals surface area contributed by atoms with Crippen LogP contribution < -0.4 is 16.0 Å². The first-order valence-electron chi connectivity index (χ1n) is 11.0. The van der Waals surface area contributed by atoms with Crippen molar-refractivity contribution in [1.82, 2.24) is 16.0 Å². The van der Waals surface area contributed by atoms with E-state index in [1.807, 2.05) is 66.7 Å². The predicted octanol–water partition coefficient (Wildman–Crippen LogP) is 2.97. The molecule has 0 saturated heterocycles. The van der Waals surface area contributed by atoms with Gasteiger partial charge in [0.05, 0.1) is 0 Å². The molecular weight excluding hydrogens is 402 g/mol. The molecule has 3 amide bonds. The van der Waals surface area contributed by atoms with Crippen molar-refractivity contribution >= 4 is 28.5 Å². The second kappa shape index (κ2) is 10.1. The van der Waals surface area contributed by atoms with Crippen LogP contribution in [-0.2, 0) is 16.0 Å². The lowest BCUT2D eigenvalue weighted by molar-refractivity contribution is -0.129. The van der Waals surface area contributed by atoms with Crippen molar-refractivity contribution in [3.8, 4) is 0 Å². The summed E-state index contributed by atoms with van der Waals surface area (Å²) < 4.78 is 0. The number of amides is 3. The second-order valence-corrected chi connectivity index (χ2v) is 8.16. The molecular formula is C26H27N3O3. The van der Waals surface area contributed by atoms with Gasteiger partial charge in [-0.15, -0.1) is 0 Å². The summed E-state index contributed by atoms with van der Waals surface area (Å²) in [6.07, 6.45) is 2.49. The van der Waals surface area contributed by atoms with Crippen LogP contribution in [0.15, 0.2) is 72.8 Å². The van der Waals surface area contributed by atoms with Crippen LogP contribution in [0.4, 0.5) is 0 Å². The average molecular weight is 430 g/mol. The fourth-order valence-corrected chi connectivity index (χ4v) is 3.58. The molecule has 32 heavy (non-hydrogen) atoms.